The zero-order chi connectivity index (χ0) is 11.7. The van der Waals surface area contributed by atoms with E-state index in [4.69, 9.17) is 0 Å². The van der Waals surface area contributed by atoms with Crippen LogP contribution in [0.4, 0.5) is 10.1 Å². The van der Waals surface area contributed by atoms with Gasteiger partial charge in [-0.1, -0.05) is 0 Å². The number of rotatable bonds is 2. The van der Waals surface area contributed by atoms with Crippen LogP contribution in [0.25, 0.3) is 0 Å². The largest absolute Gasteiger partial charge is 0.311 e. The van der Waals surface area contributed by atoms with E-state index in [1.807, 2.05) is 0 Å². The predicted octanol–water partition coefficient (Wildman–Crippen LogP) is 2.87. The van der Waals surface area contributed by atoms with Gasteiger partial charge in [0, 0.05) is 17.4 Å². The van der Waals surface area contributed by atoms with Crippen LogP contribution in [0.15, 0.2) is 22.7 Å². The van der Waals surface area contributed by atoms with Gasteiger partial charge in [-0.3, -0.25) is 4.79 Å². The van der Waals surface area contributed by atoms with Gasteiger partial charge in [0.05, 0.1) is 5.69 Å². The lowest BCUT2D eigenvalue weighted by Crippen LogP contribution is -2.25. The highest BCUT2D eigenvalue weighted by Crippen LogP contribution is 2.32. The van der Waals surface area contributed by atoms with Crippen LogP contribution in [-0.2, 0) is 4.79 Å². The van der Waals surface area contributed by atoms with Crippen LogP contribution >= 0.6 is 28.6 Å². The van der Waals surface area contributed by atoms with Gasteiger partial charge in [-0.15, -0.1) is 0 Å². The SMILES string of the molecule is O=C1CC(CS)CN1c1cc(F)ccc1Br. The van der Waals surface area contributed by atoms with Crippen molar-refractivity contribution in [3.63, 3.8) is 0 Å². The molecule has 1 atom stereocenters. The van der Waals surface area contributed by atoms with Crippen LogP contribution in [0.1, 0.15) is 6.42 Å². The van der Waals surface area contributed by atoms with Crippen molar-refractivity contribution < 1.29 is 9.18 Å². The fraction of sp³-hybridized carbons (Fsp3) is 0.364. The molecule has 2 rings (SSSR count). The number of carbonyl (C=O) groups is 1. The topological polar surface area (TPSA) is 20.3 Å². The minimum absolute atomic E-state index is 0.0327. The molecule has 86 valence electrons. The molecule has 1 aliphatic heterocycles. The summed E-state index contributed by atoms with van der Waals surface area (Å²) in [6, 6.07) is 4.36. The summed E-state index contributed by atoms with van der Waals surface area (Å²) in [5.74, 6) is 0.631. The number of thiol groups is 1. The molecular weight excluding hydrogens is 293 g/mol. The zero-order valence-electron chi connectivity index (χ0n) is 8.49. The standard InChI is InChI=1S/C11H11BrFNOS/c12-9-2-1-8(13)4-10(9)14-5-7(6-16)3-11(14)15/h1-2,4,7,16H,3,5-6H2. The van der Waals surface area contributed by atoms with Gasteiger partial charge in [0.1, 0.15) is 5.82 Å². The Balaban J connectivity index is 2.30. The maximum absolute atomic E-state index is 13.1. The second-order valence-corrected chi connectivity index (χ2v) is 5.07. The van der Waals surface area contributed by atoms with Crippen LogP contribution in [0.3, 0.4) is 0 Å². The molecule has 0 bridgehead atoms. The van der Waals surface area contributed by atoms with Crippen LogP contribution < -0.4 is 4.90 Å². The second kappa shape index (κ2) is 4.75. The molecule has 2 nitrogen and oxygen atoms in total. The molecule has 5 heteroatoms. The summed E-state index contributed by atoms with van der Waals surface area (Å²) >= 11 is 7.52. The first-order valence-electron chi connectivity index (χ1n) is 4.98. The number of hydrogen-bond donors (Lipinski definition) is 1. The number of benzene rings is 1. The third kappa shape index (κ3) is 2.25. The van der Waals surface area contributed by atoms with Gasteiger partial charge in [0.15, 0.2) is 0 Å². The monoisotopic (exact) mass is 303 g/mol. The molecule has 1 saturated heterocycles. The molecule has 0 aliphatic carbocycles. The lowest BCUT2D eigenvalue weighted by atomic mass is 10.1. The van der Waals surface area contributed by atoms with E-state index in [-0.39, 0.29) is 17.6 Å². The maximum atomic E-state index is 13.1. The van der Waals surface area contributed by atoms with E-state index in [1.165, 1.54) is 12.1 Å². The van der Waals surface area contributed by atoms with Gasteiger partial charge in [0.25, 0.3) is 0 Å². The van der Waals surface area contributed by atoms with Gasteiger partial charge in [0.2, 0.25) is 5.91 Å². The summed E-state index contributed by atoms with van der Waals surface area (Å²) in [6.07, 6.45) is 0.493. The summed E-state index contributed by atoms with van der Waals surface area (Å²) < 4.78 is 13.9. The third-order valence-electron chi connectivity index (χ3n) is 2.66. The van der Waals surface area contributed by atoms with Crippen molar-refractivity contribution in [3.05, 3.63) is 28.5 Å². The highest BCUT2D eigenvalue weighted by molar-refractivity contribution is 9.10. The van der Waals surface area contributed by atoms with Gasteiger partial charge in [-0.25, -0.2) is 4.39 Å². The first-order valence-corrected chi connectivity index (χ1v) is 6.40. The average molecular weight is 304 g/mol. The Kier molecular flexibility index (Phi) is 3.54. The number of carbonyl (C=O) groups excluding carboxylic acids is 1. The molecule has 1 aliphatic rings. The lowest BCUT2D eigenvalue weighted by Gasteiger charge is -2.18. The second-order valence-electron chi connectivity index (χ2n) is 3.85. The van der Waals surface area contributed by atoms with Crippen molar-refractivity contribution in [1.29, 1.82) is 0 Å². The molecule has 1 heterocycles. The number of amides is 1. The maximum Gasteiger partial charge on any atom is 0.227 e. The van der Waals surface area contributed by atoms with Crippen LogP contribution in [0.2, 0.25) is 0 Å². The average Bonchev–Trinajstić information content (AvgIpc) is 2.63. The molecule has 1 fully saturated rings. The summed E-state index contributed by atoms with van der Waals surface area (Å²) in [7, 11) is 0. The molecule has 0 spiro atoms. The quantitative estimate of drug-likeness (QED) is 0.833. The lowest BCUT2D eigenvalue weighted by molar-refractivity contribution is -0.117. The Hall–Kier alpha value is -0.550. The molecule has 0 aromatic heterocycles. The van der Waals surface area contributed by atoms with E-state index in [2.05, 4.69) is 28.6 Å². The van der Waals surface area contributed by atoms with Crippen molar-refractivity contribution in [1.82, 2.24) is 0 Å². The third-order valence-corrected chi connectivity index (χ3v) is 3.85. The zero-order valence-corrected chi connectivity index (χ0v) is 11.0. The van der Waals surface area contributed by atoms with Gasteiger partial charge >= 0.3 is 0 Å². The first kappa shape index (κ1) is 11.9. The molecule has 1 aromatic rings. The molecule has 16 heavy (non-hydrogen) atoms. The van der Waals surface area contributed by atoms with Crippen molar-refractivity contribution >= 4 is 40.2 Å². The number of nitrogens with zero attached hydrogens (tertiary/aromatic N) is 1. The van der Waals surface area contributed by atoms with Crippen molar-refractivity contribution in [2.45, 2.75) is 6.42 Å². The Labute approximate surface area is 107 Å². The minimum atomic E-state index is -0.333. The Morgan fingerprint density at radius 1 is 1.56 bits per heavy atom. The number of halogens is 2. The van der Waals surface area contributed by atoms with Crippen LogP contribution in [0.5, 0.6) is 0 Å². The highest BCUT2D eigenvalue weighted by Gasteiger charge is 2.30. The van der Waals surface area contributed by atoms with Crippen LogP contribution in [-0.4, -0.2) is 18.2 Å². The van der Waals surface area contributed by atoms with Gasteiger partial charge in [-0.05, 0) is 45.8 Å². The summed E-state index contributed by atoms with van der Waals surface area (Å²) in [5, 5.41) is 0. The summed E-state index contributed by atoms with van der Waals surface area (Å²) in [6.45, 7) is 0.615. The predicted molar refractivity (Wildman–Crippen MR) is 68.4 cm³/mol. The summed E-state index contributed by atoms with van der Waals surface area (Å²) in [4.78, 5) is 13.4. The minimum Gasteiger partial charge on any atom is -0.311 e. The Morgan fingerprint density at radius 3 is 2.94 bits per heavy atom. The molecular formula is C11H11BrFNOS. The summed E-state index contributed by atoms with van der Waals surface area (Å²) in [5.41, 5.74) is 0.606. The van der Waals surface area contributed by atoms with E-state index in [0.29, 0.717) is 24.4 Å². The molecule has 1 amide bonds. The Morgan fingerprint density at radius 2 is 2.31 bits per heavy atom. The fourth-order valence-corrected chi connectivity index (χ4v) is 2.53. The van der Waals surface area contributed by atoms with E-state index < -0.39 is 0 Å². The van der Waals surface area contributed by atoms with Crippen molar-refractivity contribution in [2.75, 3.05) is 17.2 Å². The molecule has 1 unspecified atom stereocenters. The van der Waals surface area contributed by atoms with E-state index >= 15 is 0 Å². The van der Waals surface area contributed by atoms with Crippen molar-refractivity contribution in [2.24, 2.45) is 5.92 Å². The van der Waals surface area contributed by atoms with E-state index in [0.717, 1.165) is 4.47 Å². The van der Waals surface area contributed by atoms with Gasteiger partial charge < -0.3 is 4.90 Å². The number of hydrogen-bond acceptors (Lipinski definition) is 2. The molecule has 0 N–H and O–H groups in total. The first-order chi connectivity index (χ1) is 7.61. The number of anilines is 1. The molecule has 0 saturated carbocycles. The normalized spacial score (nSPS) is 20.6. The Bertz CT molecular complexity index is 426. The smallest absolute Gasteiger partial charge is 0.227 e. The highest BCUT2D eigenvalue weighted by atomic mass is 79.9. The van der Waals surface area contributed by atoms with Crippen LogP contribution in [0, 0.1) is 11.7 Å². The van der Waals surface area contributed by atoms with E-state index in [1.54, 1.807) is 11.0 Å². The van der Waals surface area contributed by atoms with Gasteiger partial charge in [-0.2, -0.15) is 12.6 Å². The van der Waals surface area contributed by atoms with Crippen molar-refractivity contribution in [3.8, 4) is 0 Å². The van der Waals surface area contributed by atoms with E-state index in [9.17, 15) is 9.18 Å². The fourth-order valence-electron chi connectivity index (χ4n) is 1.83. The molecule has 1 aromatic carbocycles. The molecule has 0 radical (unpaired) electrons.